The SMILES string of the molecule is CNC(C1CCOCC1)C1(C)CCCS1. The van der Waals surface area contributed by atoms with Crippen LogP contribution in [0.15, 0.2) is 0 Å². The highest BCUT2D eigenvalue weighted by molar-refractivity contribution is 8.00. The second-order valence-electron chi connectivity index (χ2n) is 4.98. The molecule has 1 N–H and O–H groups in total. The largest absolute Gasteiger partial charge is 0.381 e. The van der Waals surface area contributed by atoms with Crippen molar-refractivity contribution in [2.45, 2.75) is 43.4 Å². The lowest BCUT2D eigenvalue weighted by atomic mass is 9.82. The van der Waals surface area contributed by atoms with Crippen LogP contribution < -0.4 is 5.32 Å². The highest BCUT2D eigenvalue weighted by Gasteiger charge is 2.41. The Morgan fingerprint density at radius 3 is 2.67 bits per heavy atom. The van der Waals surface area contributed by atoms with E-state index in [9.17, 15) is 0 Å². The van der Waals surface area contributed by atoms with Crippen LogP contribution in [0.3, 0.4) is 0 Å². The first-order valence-corrected chi connectivity index (χ1v) is 7.14. The molecule has 0 amide bonds. The van der Waals surface area contributed by atoms with E-state index in [1.807, 2.05) is 0 Å². The van der Waals surface area contributed by atoms with Crippen molar-refractivity contribution in [3.8, 4) is 0 Å². The molecule has 2 nitrogen and oxygen atoms in total. The van der Waals surface area contributed by atoms with Crippen molar-refractivity contribution < 1.29 is 4.74 Å². The second-order valence-corrected chi connectivity index (χ2v) is 6.61. The minimum absolute atomic E-state index is 0.469. The zero-order valence-corrected chi connectivity index (χ0v) is 10.7. The van der Waals surface area contributed by atoms with Crippen molar-refractivity contribution in [1.29, 1.82) is 0 Å². The van der Waals surface area contributed by atoms with E-state index in [4.69, 9.17) is 4.74 Å². The molecule has 2 rings (SSSR count). The van der Waals surface area contributed by atoms with E-state index in [1.54, 1.807) is 0 Å². The van der Waals surface area contributed by atoms with Crippen molar-refractivity contribution in [2.75, 3.05) is 26.0 Å². The molecule has 2 heterocycles. The summed E-state index contributed by atoms with van der Waals surface area (Å²) in [6.45, 7) is 4.37. The van der Waals surface area contributed by atoms with Gasteiger partial charge in [-0.3, -0.25) is 0 Å². The number of hydrogen-bond acceptors (Lipinski definition) is 3. The van der Waals surface area contributed by atoms with Crippen LogP contribution in [0.4, 0.5) is 0 Å². The van der Waals surface area contributed by atoms with Crippen molar-refractivity contribution >= 4 is 11.8 Å². The van der Waals surface area contributed by atoms with Gasteiger partial charge in [0.2, 0.25) is 0 Å². The molecule has 2 saturated heterocycles. The molecule has 0 aromatic rings. The smallest absolute Gasteiger partial charge is 0.0469 e. The summed E-state index contributed by atoms with van der Waals surface area (Å²) in [6, 6.07) is 0.675. The fraction of sp³-hybridized carbons (Fsp3) is 1.00. The molecule has 0 bridgehead atoms. The lowest BCUT2D eigenvalue weighted by Crippen LogP contribution is -2.50. The Bertz CT molecular complexity index is 198. The normalized spacial score (nSPS) is 35.6. The van der Waals surface area contributed by atoms with Gasteiger partial charge in [0.25, 0.3) is 0 Å². The predicted molar refractivity (Wildman–Crippen MR) is 66.5 cm³/mol. The monoisotopic (exact) mass is 229 g/mol. The van der Waals surface area contributed by atoms with Crippen molar-refractivity contribution in [3.05, 3.63) is 0 Å². The molecule has 15 heavy (non-hydrogen) atoms. The summed E-state index contributed by atoms with van der Waals surface area (Å²) in [5.41, 5.74) is 0. The van der Waals surface area contributed by atoms with Crippen LogP contribution in [-0.2, 0) is 4.74 Å². The van der Waals surface area contributed by atoms with Crippen LogP contribution in [0.1, 0.15) is 32.6 Å². The van der Waals surface area contributed by atoms with E-state index >= 15 is 0 Å². The Hall–Kier alpha value is 0.270. The third-order valence-electron chi connectivity index (χ3n) is 3.96. The Morgan fingerprint density at radius 2 is 2.13 bits per heavy atom. The van der Waals surface area contributed by atoms with Crippen LogP contribution in [-0.4, -0.2) is 36.8 Å². The van der Waals surface area contributed by atoms with Crippen molar-refractivity contribution in [1.82, 2.24) is 5.32 Å². The summed E-state index contributed by atoms with van der Waals surface area (Å²) >= 11 is 2.17. The van der Waals surface area contributed by atoms with Gasteiger partial charge in [0, 0.05) is 24.0 Å². The van der Waals surface area contributed by atoms with Gasteiger partial charge in [0.15, 0.2) is 0 Å². The van der Waals surface area contributed by atoms with Gasteiger partial charge < -0.3 is 10.1 Å². The minimum atomic E-state index is 0.469. The molecule has 0 aromatic carbocycles. The third-order valence-corrected chi connectivity index (χ3v) is 5.57. The summed E-state index contributed by atoms with van der Waals surface area (Å²) in [5.74, 6) is 2.16. The molecule has 2 atom stereocenters. The molecule has 3 heteroatoms. The van der Waals surface area contributed by atoms with E-state index in [2.05, 4.69) is 31.1 Å². The van der Waals surface area contributed by atoms with E-state index in [-0.39, 0.29) is 0 Å². The highest BCUT2D eigenvalue weighted by Crippen LogP contribution is 2.44. The Labute approximate surface area is 97.5 Å². The summed E-state index contributed by atoms with van der Waals surface area (Å²) in [4.78, 5) is 0. The van der Waals surface area contributed by atoms with Crippen LogP contribution in [0, 0.1) is 5.92 Å². The van der Waals surface area contributed by atoms with Gasteiger partial charge in [-0.15, -0.1) is 0 Å². The molecule has 2 unspecified atom stereocenters. The van der Waals surface area contributed by atoms with Crippen LogP contribution in [0.5, 0.6) is 0 Å². The standard InChI is InChI=1S/C12H23NOS/c1-12(6-3-9-15-12)11(13-2)10-4-7-14-8-5-10/h10-11,13H,3-9H2,1-2H3. The maximum absolute atomic E-state index is 5.46. The van der Waals surface area contributed by atoms with E-state index < -0.39 is 0 Å². The number of rotatable bonds is 3. The lowest BCUT2D eigenvalue weighted by molar-refractivity contribution is 0.0498. The third kappa shape index (κ3) is 2.51. The van der Waals surface area contributed by atoms with Gasteiger partial charge in [-0.2, -0.15) is 11.8 Å². The maximum Gasteiger partial charge on any atom is 0.0469 e. The zero-order valence-electron chi connectivity index (χ0n) is 9.92. The topological polar surface area (TPSA) is 21.3 Å². The first kappa shape index (κ1) is 11.7. The Kier molecular flexibility index (Phi) is 3.97. The minimum Gasteiger partial charge on any atom is -0.381 e. The summed E-state index contributed by atoms with van der Waals surface area (Å²) < 4.78 is 5.92. The fourth-order valence-corrected chi connectivity index (χ4v) is 4.67. The summed E-state index contributed by atoms with van der Waals surface area (Å²) in [5, 5.41) is 3.58. The average molecular weight is 229 g/mol. The Morgan fingerprint density at radius 1 is 1.40 bits per heavy atom. The molecule has 2 aliphatic heterocycles. The fourth-order valence-electron chi connectivity index (χ4n) is 3.13. The molecule has 0 aliphatic carbocycles. The number of thioether (sulfide) groups is 1. The average Bonchev–Trinajstić information content (AvgIpc) is 2.68. The quantitative estimate of drug-likeness (QED) is 0.802. The van der Waals surface area contributed by atoms with Crippen LogP contribution >= 0.6 is 11.8 Å². The maximum atomic E-state index is 5.46. The van der Waals surface area contributed by atoms with Gasteiger partial charge in [-0.25, -0.2) is 0 Å². The van der Waals surface area contributed by atoms with Gasteiger partial charge in [-0.05, 0) is 51.3 Å². The van der Waals surface area contributed by atoms with E-state index in [0.29, 0.717) is 10.8 Å². The molecule has 88 valence electrons. The molecule has 2 fully saturated rings. The first-order chi connectivity index (χ1) is 7.26. The summed E-state index contributed by atoms with van der Waals surface area (Å²) in [6.07, 6.45) is 5.24. The van der Waals surface area contributed by atoms with Crippen LogP contribution in [0.25, 0.3) is 0 Å². The molecule has 2 aliphatic rings. The molecular weight excluding hydrogens is 206 g/mol. The molecule has 0 radical (unpaired) electrons. The zero-order chi connectivity index (χ0) is 10.7. The van der Waals surface area contributed by atoms with E-state index in [0.717, 1.165) is 19.1 Å². The molecule has 0 saturated carbocycles. The van der Waals surface area contributed by atoms with Gasteiger partial charge in [-0.1, -0.05) is 0 Å². The van der Waals surface area contributed by atoms with E-state index in [1.165, 1.54) is 31.4 Å². The van der Waals surface area contributed by atoms with Gasteiger partial charge >= 0.3 is 0 Å². The lowest BCUT2D eigenvalue weighted by Gasteiger charge is -2.40. The molecular formula is C12H23NOS. The van der Waals surface area contributed by atoms with Gasteiger partial charge in [0.1, 0.15) is 0 Å². The molecule has 0 spiro atoms. The van der Waals surface area contributed by atoms with Gasteiger partial charge in [0.05, 0.1) is 0 Å². The molecule has 0 aromatic heterocycles. The number of hydrogen-bond donors (Lipinski definition) is 1. The Balaban J connectivity index is 2.01. The first-order valence-electron chi connectivity index (χ1n) is 6.15. The second kappa shape index (κ2) is 5.07. The summed E-state index contributed by atoms with van der Waals surface area (Å²) in [7, 11) is 2.13. The predicted octanol–water partition coefficient (Wildman–Crippen LogP) is 2.29. The number of ether oxygens (including phenoxy) is 1. The van der Waals surface area contributed by atoms with Crippen LogP contribution in [0.2, 0.25) is 0 Å². The number of nitrogens with one attached hydrogen (secondary N) is 1. The van der Waals surface area contributed by atoms with Crippen molar-refractivity contribution in [3.63, 3.8) is 0 Å². The highest BCUT2D eigenvalue weighted by atomic mass is 32.2. The van der Waals surface area contributed by atoms with Crippen molar-refractivity contribution in [2.24, 2.45) is 5.92 Å².